The van der Waals surface area contributed by atoms with Gasteiger partial charge in [0.1, 0.15) is 11.6 Å². The number of aromatic hydroxyl groups is 1. The van der Waals surface area contributed by atoms with Gasteiger partial charge in [0.25, 0.3) is 0 Å². The molecule has 9 heteroatoms. The van der Waals surface area contributed by atoms with Crippen LogP contribution in [0.3, 0.4) is 0 Å². The number of nitrogens with zero attached hydrogens (tertiary/aromatic N) is 1. The Morgan fingerprint density at radius 3 is 2.43 bits per heavy atom. The molecule has 6 N–H and O–H groups in total. The maximum absolute atomic E-state index is 13.6. The summed E-state index contributed by atoms with van der Waals surface area (Å²) < 4.78 is 5.48. The van der Waals surface area contributed by atoms with E-state index in [1.54, 1.807) is 18.3 Å². The Hall–Kier alpha value is -5.09. The number of aliphatic hydroxyl groups excluding tert-OH is 1. The Bertz CT molecular complexity index is 2230. The normalized spacial score (nSPS) is 20.7. The number of nitrogens with two attached hydrogens (primary N) is 1. The Morgan fingerprint density at radius 2 is 1.68 bits per heavy atom. The first-order valence-electron chi connectivity index (χ1n) is 23.3. The molecular formula is C54H68N4O5. The third-order valence-corrected chi connectivity index (χ3v) is 14.3. The molecule has 4 atom stereocenters. The maximum Gasteiger partial charge on any atom is 0.163 e. The number of Topliss-reactive ketones (excluding diaryl/α,β-unsaturated/α-hetero) is 1. The summed E-state index contributed by atoms with van der Waals surface area (Å²) in [5.41, 5.74) is 13.9. The molecule has 1 saturated carbocycles. The number of hydrogen-bond donors (Lipinski definition) is 5. The van der Waals surface area contributed by atoms with E-state index < -0.39 is 6.61 Å². The molecule has 3 aliphatic rings. The van der Waals surface area contributed by atoms with E-state index in [1.807, 2.05) is 12.1 Å². The van der Waals surface area contributed by atoms with Gasteiger partial charge in [-0.05, 0) is 176 Å². The Labute approximate surface area is 374 Å². The molecule has 1 aromatic heterocycles. The van der Waals surface area contributed by atoms with Gasteiger partial charge in [-0.3, -0.25) is 9.59 Å². The number of carbonyl (C=O) groups excluding carboxylic acids is 2. The van der Waals surface area contributed by atoms with E-state index in [9.17, 15) is 19.8 Å². The molecule has 1 saturated heterocycles. The molecule has 0 amide bonds. The van der Waals surface area contributed by atoms with Gasteiger partial charge in [-0.2, -0.15) is 0 Å². The summed E-state index contributed by atoms with van der Waals surface area (Å²) in [5, 5.41) is 28.8. The summed E-state index contributed by atoms with van der Waals surface area (Å²) in [4.78, 5) is 31.4. The quantitative estimate of drug-likeness (QED) is 0.0316. The van der Waals surface area contributed by atoms with Crippen LogP contribution in [0, 0.1) is 23.2 Å². The van der Waals surface area contributed by atoms with Crippen LogP contribution in [0.1, 0.15) is 103 Å². The topological polar surface area (TPSA) is 147 Å². The largest absolute Gasteiger partial charge is 0.504 e. The smallest absolute Gasteiger partial charge is 0.163 e. The summed E-state index contributed by atoms with van der Waals surface area (Å²) in [6, 6.07) is 24.8. The van der Waals surface area contributed by atoms with E-state index in [0.717, 1.165) is 62.7 Å². The number of benzene rings is 3. The van der Waals surface area contributed by atoms with Gasteiger partial charge in [0, 0.05) is 25.2 Å². The molecule has 3 aromatic carbocycles. The number of ketones is 2. The van der Waals surface area contributed by atoms with Crippen LogP contribution in [0.5, 0.6) is 11.5 Å². The van der Waals surface area contributed by atoms with Gasteiger partial charge < -0.3 is 31.3 Å². The second-order valence-electron chi connectivity index (χ2n) is 18.5. The number of phenolic OH excluding ortho intramolecular Hbond substituents is 1. The first-order chi connectivity index (χ1) is 30.7. The van der Waals surface area contributed by atoms with Crippen LogP contribution in [0.15, 0.2) is 97.2 Å². The fraction of sp³-hybridized carbons (Fsp3) is 0.463. The number of pyridine rings is 1. The predicted octanol–water partition coefficient (Wildman–Crippen LogP) is 8.56. The number of aromatic nitrogens is 1. The van der Waals surface area contributed by atoms with Gasteiger partial charge in [0.2, 0.25) is 0 Å². The molecule has 334 valence electrons. The van der Waals surface area contributed by atoms with Crippen molar-refractivity contribution in [3.63, 3.8) is 0 Å². The Kier molecular flexibility index (Phi) is 16.0. The van der Waals surface area contributed by atoms with Gasteiger partial charge in [-0.1, -0.05) is 79.6 Å². The second-order valence-corrected chi connectivity index (χ2v) is 18.5. The summed E-state index contributed by atoms with van der Waals surface area (Å²) in [5.74, 6) is 2.04. The molecule has 2 aliphatic carbocycles. The molecule has 0 unspecified atom stereocenters. The van der Waals surface area contributed by atoms with E-state index in [-0.39, 0.29) is 34.9 Å². The number of nitrogen functional groups attached to an aromatic ring is 1. The number of ether oxygens (including phenoxy) is 1. The lowest BCUT2D eigenvalue weighted by molar-refractivity contribution is -0.124. The van der Waals surface area contributed by atoms with Crippen molar-refractivity contribution < 1.29 is 24.5 Å². The highest BCUT2D eigenvalue weighted by Crippen LogP contribution is 2.51. The number of nitrogens with one attached hydrogen (secondary N) is 2. The molecule has 2 fully saturated rings. The van der Waals surface area contributed by atoms with Crippen molar-refractivity contribution in [1.29, 1.82) is 0 Å². The minimum Gasteiger partial charge on any atom is -0.504 e. The van der Waals surface area contributed by atoms with Crippen LogP contribution in [-0.2, 0) is 41.7 Å². The number of carbonyl (C=O) groups is 2. The fourth-order valence-corrected chi connectivity index (χ4v) is 11.0. The summed E-state index contributed by atoms with van der Waals surface area (Å²) in [6.45, 7) is 1.71. The number of methoxy groups -OCH3 is 1. The average molecular weight is 853 g/mol. The Balaban J connectivity index is 1.00. The lowest BCUT2D eigenvalue weighted by atomic mass is 9.63. The van der Waals surface area contributed by atoms with E-state index in [0.29, 0.717) is 59.2 Å². The van der Waals surface area contributed by atoms with E-state index >= 15 is 0 Å². The van der Waals surface area contributed by atoms with Crippen LogP contribution in [-0.4, -0.2) is 66.7 Å². The van der Waals surface area contributed by atoms with Crippen LogP contribution < -0.4 is 21.1 Å². The molecule has 63 heavy (non-hydrogen) atoms. The highest BCUT2D eigenvalue weighted by atomic mass is 16.5. The summed E-state index contributed by atoms with van der Waals surface area (Å²) in [7, 11) is 3.55. The molecule has 2 heterocycles. The molecule has 4 aromatic rings. The highest BCUT2D eigenvalue weighted by molar-refractivity contribution is 6.07. The monoisotopic (exact) mass is 853 g/mol. The molecule has 0 spiro atoms. The van der Waals surface area contributed by atoms with Gasteiger partial charge in [0.05, 0.1) is 20.1 Å². The van der Waals surface area contributed by atoms with Crippen LogP contribution in [0.25, 0.3) is 5.57 Å². The first-order valence-corrected chi connectivity index (χ1v) is 23.3. The number of rotatable bonds is 21. The number of likely N-dealkylation sites (N-methyl/N-ethyl adjacent to an activating group) is 1. The number of anilines is 1. The van der Waals surface area contributed by atoms with Crippen molar-refractivity contribution in [2.24, 2.45) is 23.2 Å². The van der Waals surface area contributed by atoms with Gasteiger partial charge in [-0.15, -0.1) is 0 Å². The minimum atomic E-state index is -0.432. The maximum atomic E-state index is 13.6. The number of aliphatic hydroxyl groups is 1. The predicted molar refractivity (Wildman–Crippen MR) is 253 cm³/mol. The second kappa shape index (κ2) is 22.0. The van der Waals surface area contributed by atoms with Crippen molar-refractivity contribution >= 4 is 23.0 Å². The van der Waals surface area contributed by atoms with Crippen molar-refractivity contribution in [3.05, 3.63) is 136 Å². The summed E-state index contributed by atoms with van der Waals surface area (Å²) >= 11 is 0. The Morgan fingerprint density at radius 1 is 0.937 bits per heavy atom. The number of phenols is 1. The number of allylic oxidation sites excluding steroid dienone is 1. The fourth-order valence-electron chi connectivity index (χ4n) is 11.0. The third-order valence-electron chi connectivity index (χ3n) is 14.3. The zero-order valence-electron chi connectivity index (χ0n) is 37.4. The lowest BCUT2D eigenvalue weighted by Gasteiger charge is -2.46. The van der Waals surface area contributed by atoms with Gasteiger partial charge >= 0.3 is 0 Å². The van der Waals surface area contributed by atoms with E-state index in [1.165, 1.54) is 68.4 Å². The van der Waals surface area contributed by atoms with Crippen molar-refractivity contribution in [2.45, 2.75) is 102 Å². The number of piperidine rings is 1. The number of aryl methyl sites for hydroxylation is 4. The van der Waals surface area contributed by atoms with Crippen LogP contribution in [0.4, 0.5) is 5.82 Å². The minimum absolute atomic E-state index is 0.0515. The molecule has 7 rings (SSSR count). The molecule has 9 nitrogen and oxygen atoms in total. The van der Waals surface area contributed by atoms with Gasteiger partial charge in [0.15, 0.2) is 17.3 Å². The van der Waals surface area contributed by atoms with Gasteiger partial charge in [-0.25, -0.2) is 4.98 Å². The number of hydrogen-bond acceptors (Lipinski definition) is 9. The third kappa shape index (κ3) is 12.1. The zero-order valence-corrected chi connectivity index (χ0v) is 37.4. The summed E-state index contributed by atoms with van der Waals surface area (Å²) in [6.07, 6.45) is 21.1. The molecule has 1 aliphatic heterocycles. The molecule has 0 bridgehead atoms. The van der Waals surface area contributed by atoms with Crippen LogP contribution >= 0.6 is 0 Å². The van der Waals surface area contributed by atoms with E-state index in [4.69, 9.17) is 10.5 Å². The SMILES string of the molecule is CN[C@H]1C=C[C@H]2CNCC[C@@H]2[C@H]1CC1(CCCC(=O)CC(=O)C=C(CO)c2cc(OC)c(O)cc2Cc2cnc(N)cc2CCc2cccc(CCc3ccccc3)c2)CCCC1. The van der Waals surface area contributed by atoms with Crippen molar-refractivity contribution in [2.75, 3.05) is 39.6 Å². The lowest BCUT2D eigenvalue weighted by Crippen LogP contribution is -2.49. The highest BCUT2D eigenvalue weighted by Gasteiger charge is 2.43. The zero-order chi connectivity index (χ0) is 44.2. The number of fused-ring (bicyclic) bond motifs is 1. The van der Waals surface area contributed by atoms with Crippen molar-refractivity contribution in [1.82, 2.24) is 15.6 Å². The molecular weight excluding hydrogens is 785 g/mol. The standard InChI is InChI=1S/C54H68N4O5/c1-56-50-20-19-41-34-57-25-21-47(41)49(50)33-54(22-6-7-23-54)24-9-14-45(60)31-46(61)28-44(36-59)48-32-52(63-2)51(62)29-42(48)27-43-35-58-53(55)30-40(43)18-17-39-13-8-12-38(26-39)16-15-37-10-4-3-5-11-37/h3-5,8,10-13,19-20,26,28-30,32,35,41,47,49-50,56-57,59,62H,6-7,9,14-18,21-25,27,31,33-34,36H2,1-2H3,(H2,55,58)/t41-,47-,49+,50-/m0/s1. The van der Waals surface area contributed by atoms with Crippen LogP contribution in [0.2, 0.25) is 0 Å². The van der Waals surface area contributed by atoms with Crippen molar-refractivity contribution in [3.8, 4) is 11.5 Å². The molecule has 0 radical (unpaired) electrons. The first kappa shape index (κ1) is 45.9. The van der Waals surface area contributed by atoms with E-state index in [2.05, 4.69) is 83.3 Å². The average Bonchev–Trinajstić information content (AvgIpc) is 3.76.